The number of hydrogen-bond acceptors (Lipinski definition) is 3. The molecule has 2 aliphatic rings. The van der Waals surface area contributed by atoms with Crippen LogP contribution in [0.4, 0.5) is 0 Å². The van der Waals surface area contributed by atoms with Gasteiger partial charge < -0.3 is 9.80 Å². The van der Waals surface area contributed by atoms with E-state index in [9.17, 15) is 9.59 Å². The molecule has 2 saturated heterocycles. The van der Waals surface area contributed by atoms with E-state index in [0.29, 0.717) is 18.8 Å². The molecule has 0 aliphatic carbocycles. The van der Waals surface area contributed by atoms with Crippen molar-refractivity contribution >= 4 is 11.8 Å². The Hall–Kier alpha value is -2.63. The van der Waals surface area contributed by atoms with E-state index >= 15 is 0 Å². The Morgan fingerprint density at radius 1 is 1.12 bits per heavy atom. The number of benzene rings is 1. The molecule has 6 nitrogen and oxygen atoms in total. The lowest BCUT2D eigenvalue weighted by atomic mass is 9.85. The Labute approximate surface area is 153 Å². The standard InChI is InChI=1S/C20H24N4O2/c25-18(17-8-12-21-22-17)24-14-5-11-20(24)10-4-13-23(19(20)26)15-9-16-6-2-1-3-7-16/h1-3,6-8,12H,4-5,9-11,13-15H2,(H,21,22). The third-order valence-electron chi connectivity index (χ3n) is 5.68. The molecular weight excluding hydrogens is 328 g/mol. The minimum Gasteiger partial charge on any atom is -0.340 e. The van der Waals surface area contributed by atoms with E-state index in [1.807, 2.05) is 23.1 Å². The smallest absolute Gasteiger partial charge is 0.272 e. The fraction of sp³-hybridized carbons (Fsp3) is 0.450. The maximum Gasteiger partial charge on any atom is 0.272 e. The predicted octanol–water partition coefficient (Wildman–Crippen LogP) is 2.25. The summed E-state index contributed by atoms with van der Waals surface area (Å²) in [7, 11) is 0. The molecule has 1 atom stereocenters. The number of rotatable bonds is 4. The average Bonchev–Trinajstić information content (AvgIpc) is 3.34. The molecule has 1 aromatic heterocycles. The highest BCUT2D eigenvalue weighted by molar-refractivity contribution is 5.98. The molecule has 4 rings (SSSR count). The van der Waals surface area contributed by atoms with Crippen LogP contribution in [0.1, 0.15) is 41.7 Å². The van der Waals surface area contributed by atoms with Crippen LogP contribution >= 0.6 is 0 Å². The number of H-pyrrole nitrogens is 1. The largest absolute Gasteiger partial charge is 0.340 e. The quantitative estimate of drug-likeness (QED) is 0.917. The molecule has 0 radical (unpaired) electrons. The summed E-state index contributed by atoms with van der Waals surface area (Å²) in [6.45, 7) is 2.12. The van der Waals surface area contributed by atoms with Gasteiger partial charge in [-0.05, 0) is 43.7 Å². The second-order valence-electron chi connectivity index (χ2n) is 7.19. The molecule has 1 aromatic carbocycles. The molecule has 6 heteroatoms. The number of piperidine rings is 1. The topological polar surface area (TPSA) is 69.3 Å². The number of amides is 2. The first-order valence-electron chi connectivity index (χ1n) is 9.35. The number of aromatic nitrogens is 2. The van der Waals surface area contributed by atoms with Crippen molar-refractivity contribution in [3.05, 3.63) is 53.9 Å². The third kappa shape index (κ3) is 2.89. The lowest BCUT2D eigenvalue weighted by Crippen LogP contribution is -2.61. The fourth-order valence-electron chi connectivity index (χ4n) is 4.36. The van der Waals surface area contributed by atoms with Crippen molar-refractivity contribution in [3.63, 3.8) is 0 Å². The molecule has 2 fully saturated rings. The molecule has 1 N–H and O–H groups in total. The summed E-state index contributed by atoms with van der Waals surface area (Å²) in [5.74, 6) is 0.00306. The number of carbonyl (C=O) groups excluding carboxylic acids is 2. The first-order valence-corrected chi connectivity index (χ1v) is 9.35. The number of nitrogens with zero attached hydrogens (tertiary/aromatic N) is 3. The van der Waals surface area contributed by atoms with Crippen LogP contribution in [-0.4, -0.2) is 57.0 Å². The van der Waals surface area contributed by atoms with E-state index in [2.05, 4.69) is 22.3 Å². The van der Waals surface area contributed by atoms with Gasteiger partial charge in [0.15, 0.2) is 0 Å². The molecule has 1 unspecified atom stereocenters. The zero-order valence-electron chi connectivity index (χ0n) is 14.9. The highest BCUT2D eigenvalue weighted by atomic mass is 16.2. The van der Waals surface area contributed by atoms with Crippen molar-refractivity contribution in [2.75, 3.05) is 19.6 Å². The Kier molecular flexibility index (Phi) is 4.49. The molecule has 26 heavy (non-hydrogen) atoms. The number of likely N-dealkylation sites (tertiary alicyclic amines) is 2. The van der Waals surface area contributed by atoms with Crippen LogP contribution in [0.25, 0.3) is 0 Å². The molecule has 1 spiro atoms. The van der Waals surface area contributed by atoms with E-state index in [-0.39, 0.29) is 11.8 Å². The van der Waals surface area contributed by atoms with Crippen molar-refractivity contribution in [1.82, 2.24) is 20.0 Å². The van der Waals surface area contributed by atoms with E-state index in [1.165, 1.54) is 5.56 Å². The van der Waals surface area contributed by atoms with Gasteiger partial charge in [-0.3, -0.25) is 14.7 Å². The Morgan fingerprint density at radius 3 is 2.62 bits per heavy atom. The van der Waals surface area contributed by atoms with Crippen molar-refractivity contribution in [2.24, 2.45) is 0 Å². The van der Waals surface area contributed by atoms with Crippen LogP contribution in [0.15, 0.2) is 42.6 Å². The van der Waals surface area contributed by atoms with Crippen LogP contribution in [-0.2, 0) is 11.2 Å². The van der Waals surface area contributed by atoms with Crippen LogP contribution in [0, 0.1) is 0 Å². The normalized spacial score (nSPS) is 23.0. The molecule has 0 saturated carbocycles. The van der Waals surface area contributed by atoms with Crippen molar-refractivity contribution in [2.45, 2.75) is 37.6 Å². The summed E-state index contributed by atoms with van der Waals surface area (Å²) in [6.07, 6.45) is 5.74. The van der Waals surface area contributed by atoms with Gasteiger partial charge in [-0.2, -0.15) is 5.10 Å². The second-order valence-corrected chi connectivity index (χ2v) is 7.19. The summed E-state index contributed by atoms with van der Waals surface area (Å²) in [5, 5.41) is 6.62. The molecule has 136 valence electrons. The van der Waals surface area contributed by atoms with Crippen molar-refractivity contribution in [3.8, 4) is 0 Å². The average molecular weight is 352 g/mol. The molecule has 2 amide bonds. The second kappa shape index (κ2) is 6.94. The van der Waals surface area contributed by atoms with Crippen molar-refractivity contribution in [1.29, 1.82) is 0 Å². The van der Waals surface area contributed by atoms with Gasteiger partial charge in [-0.15, -0.1) is 0 Å². The summed E-state index contributed by atoms with van der Waals surface area (Å²) >= 11 is 0. The molecular formula is C20H24N4O2. The predicted molar refractivity (Wildman–Crippen MR) is 97.5 cm³/mol. The minimum absolute atomic E-state index is 0.113. The summed E-state index contributed by atoms with van der Waals surface area (Å²) in [4.78, 5) is 30.0. The molecule has 2 aliphatic heterocycles. The minimum atomic E-state index is -0.670. The number of nitrogens with one attached hydrogen (secondary N) is 1. The summed E-state index contributed by atoms with van der Waals surface area (Å²) < 4.78 is 0. The monoisotopic (exact) mass is 352 g/mol. The maximum atomic E-state index is 13.4. The van der Waals surface area contributed by atoms with Crippen LogP contribution < -0.4 is 0 Å². The van der Waals surface area contributed by atoms with Gasteiger partial charge in [0.1, 0.15) is 11.2 Å². The highest BCUT2D eigenvalue weighted by Gasteiger charge is 2.52. The molecule has 3 heterocycles. The SMILES string of the molecule is O=C(c1ccn[nH]1)N1CCCC12CCCN(CCc1ccccc1)C2=O. The lowest BCUT2D eigenvalue weighted by Gasteiger charge is -2.44. The number of carbonyl (C=O) groups is 2. The summed E-state index contributed by atoms with van der Waals surface area (Å²) in [5.41, 5.74) is 1.02. The Morgan fingerprint density at radius 2 is 1.88 bits per heavy atom. The first-order chi connectivity index (χ1) is 12.7. The van der Waals surface area contributed by atoms with Gasteiger partial charge in [0.2, 0.25) is 5.91 Å². The van der Waals surface area contributed by atoms with Gasteiger partial charge in [-0.25, -0.2) is 0 Å². The van der Waals surface area contributed by atoms with E-state index in [4.69, 9.17) is 0 Å². The van der Waals surface area contributed by atoms with Gasteiger partial charge >= 0.3 is 0 Å². The number of hydrogen-bond donors (Lipinski definition) is 1. The highest BCUT2D eigenvalue weighted by Crippen LogP contribution is 2.39. The van der Waals surface area contributed by atoms with Crippen molar-refractivity contribution < 1.29 is 9.59 Å². The van der Waals surface area contributed by atoms with E-state index in [1.54, 1.807) is 17.2 Å². The molecule has 0 bridgehead atoms. The zero-order chi connectivity index (χ0) is 18.0. The maximum absolute atomic E-state index is 13.4. The lowest BCUT2D eigenvalue weighted by molar-refractivity contribution is -0.145. The third-order valence-corrected chi connectivity index (χ3v) is 5.68. The van der Waals surface area contributed by atoms with Crippen LogP contribution in [0.3, 0.4) is 0 Å². The first kappa shape index (κ1) is 16.8. The van der Waals surface area contributed by atoms with Gasteiger partial charge in [0, 0.05) is 25.8 Å². The van der Waals surface area contributed by atoms with Gasteiger partial charge in [-0.1, -0.05) is 30.3 Å². The van der Waals surface area contributed by atoms with E-state index in [0.717, 1.165) is 38.6 Å². The van der Waals surface area contributed by atoms with Gasteiger partial charge in [0.05, 0.1) is 0 Å². The Balaban J connectivity index is 1.51. The molecule has 2 aromatic rings. The number of aromatic amines is 1. The van der Waals surface area contributed by atoms with Crippen LogP contribution in [0.5, 0.6) is 0 Å². The van der Waals surface area contributed by atoms with Gasteiger partial charge in [0.25, 0.3) is 5.91 Å². The zero-order valence-corrected chi connectivity index (χ0v) is 14.9. The van der Waals surface area contributed by atoms with Crippen LogP contribution in [0.2, 0.25) is 0 Å². The van der Waals surface area contributed by atoms with E-state index < -0.39 is 5.54 Å². The Bertz CT molecular complexity index is 774. The fourth-order valence-corrected chi connectivity index (χ4v) is 4.36. The summed E-state index contributed by atoms with van der Waals surface area (Å²) in [6, 6.07) is 11.9.